The summed E-state index contributed by atoms with van der Waals surface area (Å²) < 4.78 is 4.80. The molecule has 0 bridgehead atoms. The lowest BCUT2D eigenvalue weighted by molar-refractivity contribution is -0.160. The molecule has 1 aromatic carbocycles. The summed E-state index contributed by atoms with van der Waals surface area (Å²) in [5.41, 5.74) is 0.837. The molecule has 2 atom stereocenters. The van der Waals surface area contributed by atoms with E-state index in [4.69, 9.17) is 14.9 Å². The van der Waals surface area contributed by atoms with Crippen molar-refractivity contribution in [2.75, 3.05) is 0 Å². The third-order valence-electron chi connectivity index (χ3n) is 1.92. The number of benzene rings is 1. The summed E-state index contributed by atoms with van der Waals surface area (Å²) in [4.78, 5) is 11.1. The van der Waals surface area contributed by atoms with Gasteiger partial charge in [-0.15, -0.1) is 0 Å². The number of rotatable bonds is 4. The van der Waals surface area contributed by atoms with E-state index >= 15 is 0 Å². The van der Waals surface area contributed by atoms with Crippen molar-refractivity contribution in [3.63, 3.8) is 0 Å². The molecule has 15 heavy (non-hydrogen) atoms. The molecule has 0 aliphatic heterocycles. The smallest absolute Gasteiger partial charge is 0.338 e. The molecule has 0 aliphatic rings. The van der Waals surface area contributed by atoms with E-state index < -0.39 is 18.2 Å². The van der Waals surface area contributed by atoms with E-state index in [9.17, 15) is 4.79 Å². The molecule has 2 N–H and O–H groups in total. The Morgan fingerprint density at radius 3 is 2.47 bits per heavy atom. The van der Waals surface area contributed by atoms with E-state index in [1.807, 2.05) is 30.3 Å². The number of hydrogen-bond acceptors (Lipinski definition) is 4. The minimum absolute atomic E-state index is 0.101. The van der Waals surface area contributed by atoms with Crippen LogP contribution in [0.5, 0.6) is 0 Å². The number of aliphatic hydroxyl groups excluding tert-OH is 2. The molecule has 82 valence electrons. The largest absolute Gasteiger partial charge is 0.459 e. The van der Waals surface area contributed by atoms with Gasteiger partial charge in [-0.25, -0.2) is 4.79 Å². The van der Waals surface area contributed by atoms with Gasteiger partial charge in [-0.05, 0) is 12.5 Å². The van der Waals surface area contributed by atoms with Crippen molar-refractivity contribution < 1.29 is 19.7 Å². The predicted octanol–water partition coefficient (Wildman–Crippen LogP) is 0.471. The highest BCUT2D eigenvalue weighted by Gasteiger charge is 2.21. The van der Waals surface area contributed by atoms with Gasteiger partial charge in [-0.3, -0.25) is 0 Å². The second-order valence-corrected chi connectivity index (χ2v) is 3.28. The Hall–Kier alpha value is -1.39. The number of carbonyl (C=O) groups excluding carboxylic acids is 1. The molecular weight excluding hydrogens is 196 g/mol. The van der Waals surface area contributed by atoms with Crippen molar-refractivity contribution in [2.45, 2.75) is 25.7 Å². The zero-order valence-electron chi connectivity index (χ0n) is 8.46. The number of ether oxygens (including phenoxy) is 1. The van der Waals surface area contributed by atoms with Crippen LogP contribution in [0, 0.1) is 0 Å². The zero-order valence-corrected chi connectivity index (χ0v) is 8.46. The average molecular weight is 210 g/mol. The van der Waals surface area contributed by atoms with Crippen LogP contribution < -0.4 is 0 Å². The highest BCUT2D eigenvalue weighted by molar-refractivity contribution is 5.74. The van der Waals surface area contributed by atoms with E-state index in [1.165, 1.54) is 6.92 Å². The third-order valence-corrected chi connectivity index (χ3v) is 1.92. The molecule has 4 nitrogen and oxygen atoms in total. The summed E-state index contributed by atoms with van der Waals surface area (Å²) in [6.45, 7) is 1.43. The number of carbonyl (C=O) groups is 1. The molecule has 0 spiro atoms. The van der Waals surface area contributed by atoms with Crippen LogP contribution in [-0.2, 0) is 16.1 Å². The molecule has 0 aliphatic carbocycles. The summed E-state index contributed by atoms with van der Waals surface area (Å²) in [7, 11) is 0. The second-order valence-electron chi connectivity index (χ2n) is 3.28. The fourth-order valence-electron chi connectivity index (χ4n) is 1.01. The van der Waals surface area contributed by atoms with Crippen molar-refractivity contribution in [1.82, 2.24) is 0 Å². The lowest BCUT2D eigenvalue weighted by Gasteiger charge is -2.12. The molecular formula is C11H14O4. The van der Waals surface area contributed by atoms with Crippen LogP contribution in [-0.4, -0.2) is 28.4 Å². The summed E-state index contributed by atoms with van der Waals surface area (Å²) in [5.74, 6) is -0.811. The van der Waals surface area contributed by atoms with Crippen LogP contribution in [0.3, 0.4) is 0 Å². The monoisotopic (exact) mass is 210 g/mol. The van der Waals surface area contributed by atoms with Crippen LogP contribution in [0.1, 0.15) is 12.5 Å². The predicted molar refractivity (Wildman–Crippen MR) is 53.9 cm³/mol. The van der Waals surface area contributed by atoms with Crippen LogP contribution in [0.25, 0.3) is 0 Å². The van der Waals surface area contributed by atoms with Gasteiger partial charge in [-0.1, -0.05) is 30.3 Å². The van der Waals surface area contributed by atoms with Crippen LogP contribution in [0.15, 0.2) is 30.3 Å². The van der Waals surface area contributed by atoms with Gasteiger partial charge in [0.2, 0.25) is 0 Å². The number of aliphatic hydroxyl groups is 2. The van der Waals surface area contributed by atoms with Gasteiger partial charge in [0.05, 0.1) is 6.10 Å². The molecule has 1 rings (SSSR count). The first kappa shape index (κ1) is 11.7. The molecule has 4 heteroatoms. The van der Waals surface area contributed by atoms with E-state index in [1.54, 1.807) is 0 Å². The van der Waals surface area contributed by atoms with Crippen molar-refractivity contribution in [1.29, 1.82) is 0 Å². The van der Waals surface area contributed by atoms with Gasteiger partial charge < -0.3 is 14.9 Å². The lowest BCUT2D eigenvalue weighted by Crippen LogP contribution is -2.33. The summed E-state index contributed by atoms with van der Waals surface area (Å²) in [6, 6.07) is 9.13. The Kier molecular flexibility index (Phi) is 4.27. The molecule has 0 radical (unpaired) electrons. The highest BCUT2D eigenvalue weighted by atomic mass is 16.5. The van der Waals surface area contributed by atoms with Gasteiger partial charge in [0.15, 0.2) is 6.10 Å². The highest BCUT2D eigenvalue weighted by Crippen LogP contribution is 2.03. The Morgan fingerprint density at radius 2 is 1.93 bits per heavy atom. The normalized spacial score (nSPS) is 14.3. The number of esters is 1. The number of hydrogen-bond donors (Lipinski definition) is 2. The van der Waals surface area contributed by atoms with E-state index in [-0.39, 0.29) is 6.61 Å². The van der Waals surface area contributed by atoms with Gasteiger partial charge in [0, 0.05) is 0 Å². The Balaban J connectivity index is 2.41. The third kappa shape index (κ3) is 3.69. The SMILES string of the molecule is C[C@@H](O)[C@H](O)C(=O)OCc1ccccc1. The Labute approximate surface area is 88.1 Å². The van der Waals surface area contributed by atoms with Crippen LogP contribution >= 0.6 is 0 Å². The quantitative estimate of drug-likeness (QED) is 0.709. The van der Waals surface area contributed by atoms with Crippen LogP contribution in [0.2, 0.25) is 0 Å². The first-order valence-corrected chi connectivity index (χ1v) is 4.68. The Bertz CT molecular complexity index is 308. The Morgan fingerprint density at radius 1 is 1.33 bits per heavy atom. The molecule has 0 saturated heterocycles. The van der Waals surface area contributed by atoms with Gasteiger partial charge in [0.25, 0.3) is 0 Å². The molecule has 0 amide bonds. The van der Waals surface area contributed by atoms with Gasteiger partial charge >= 0.3 is 5.97 Å². The molecule has 0 fully saturated rings. The molecule has 0 aromatic heterocycles. The zero-order chi connectivity index (χ0) is 11.3. The minimum Gasteiger partial charge on any atom is -0.459 e. The molecule has 0 unspecified atom stereocenters. The van der Waals surface area contributed by atoms with Crippen molar-refractivity contribution in [3.05, 3.63) is 35.9 Å². The minimum atomic E-state index is -1.48. The fourth-order valence-corrected chi connectivity index (χ4v) is 1.01. The first-order valence-electron chi connectivity index (χ1n) is 4.68. The second kappa shape index (κ2) is 5.48. The topological polar surface area (TPSA) is 66.8 Å². The lowest BCUT2D eigenvalue weighted by atomic mass is 10.2. The maximum absolute atomic E-state index is 11.1. The maximum Gasteiger partial charge on any atom is 0.338 e. The van der Waals surface area contributed by atoms with Gasteiger partial charge in [-0.2, -0.15) is 0 Å². The first-order chi connectivity index (χ1) is 7.11. The fraction of sp³-hybridized carbons (Fsp3) is 0.364. The summed E-state index contributed by atoms with van der Waals surface area (Å²) >= 11 is 0. The standard InChI is InChI=1S/C11H14O4/c1-8(12)10(13)11(14)15-7-9-5-3-2-4-6-9/h2-6,8,10,12-13H,7H2,1H3/t8-,10+/m1/s1. The van der Waals surface area contributed by atoms with E-state index in [2.05, 4.69) is 0 Å². The summed E-state index contributed by atoms with van der Waals surface area (Å²) in [5, 5.41) is 18.1. The van der Waals surface area contributed by atoms with Crippen molar-refractivity contribution >= 4 is 5.97 Å². The van der Waals surface area contributed by atoms with Gasteiger partial charge in [0.1, 0.15) is 6.61 Å². The maximum atomic E-state index is 11.1. The molecule has 1 aromatic rings. The molecule has 0 heterocycles. The van der Waals surface area contributed by atoms with Crippen LogP contribution in [0.4, 0.5) is 0 Å². The average Bonchev–Trinajstić information content (AvgIpc) is 2.26. The van der Waals surface area contributed by atoms with E-state index in [0.29, 0.717) is 0 Å². The van der Waals surface area contributed by atoms with Crippen molar-refractivity contribution in [3.8, 4) is 0 Å². The van der Waals surface area contributed by atoms with Crippen molar-refractivity contribution in [2.24, 2.45) is 0 Å². The summed E-state index contributed by atoms with van der Waals surface area (Å²) in [6.07, 6.45) is -2.60. The molecule has 0 saturated carbocycles. The van der Waals surface area contributed by atoms with E-state index in [0.717, 1.165) is 5.56 Å².